The summed E-state index contributed by atoms with van der Waals surface area (Å²) >= 11 is 18.8. The number of halogens is 3. The Labute approximate surface area is 234 Å². The van der Waals surface area contributed by atoms with E-state index in [2.05, 4.69) is 9.97 Å². The number of hydrogen-bond donors (Lipinski definition) is 0. The molecule has 2 amide bonds. The molecule has 0 radical (unpaired) electrons. The molecule has 0 atom stereocenters. The topological polar surface area (TPSA) is 83.5 Å². The quantitative estimate of drug-likeness (QED) is 0.179. The van der Waals surface area contributed by atoms with Crippen LogP contribution in [0.4, 0.5) is 11.4 Å². The summed E-state index contributed by atoms with van der Waals surface area (Å²) in [6.07, 6.45) is 2.39. The maximum absolute atomic E-state index is 13.4. The molecule has 4 aromatic rings. The summed E-state index contributed by atoms with van der Waals surface area (Å²) in [7, 11) is 1.65. The van der Waals surface area contributed by atoms with Gasteiger partial charge in [-0.15, -0.1) is 0 Å². The molecule has 1 heterocycles. The van der Waals surface area contributed by atoms with Gasteiger partial charge in [-0.3, -0.25) is 14.4 Å². The minimum atomic E-state index is -0.530. The molecule has 0 fully saturated rings. The third kappa shape index (κ3) is 6.37. The number of anilines is 2. The van der Waals surface area contributed by atoms with Crippen LogP contribution in [-0.2, 0) is 11.3 Å². The molecule has 4 rings (SSSR count). The number of amides is 2. The number of carbonyl (C=O) groups is 3. The number of para-hydroxylation sites is 1. The van der Waals surface area contributed by atoms with E-state index >= 15 is 0 Å². The maximum atomic E-state index is 13.4. The van der Waals surface area contributed by atoms with E-state index in [1.54, 1.807) is 43.4 Å². The number of Topliss-reactive ketones (excluding diaryl/α,β-unsaturated/α-hetero) is 1. The largest absolute Gasteiger partial charge is 0.311 e. The van der Waals surface area contributed by atoms with Crippen molar-refractivity contribution >= 4 is 63.8 Å². The lowest BCUT2D eigenvalue weighted by atomic mass is 10.1. The minimum Gasteiger partial charge on any atom is -0.311 e. The zero-order valence-electron chi connectivity index (χ0n) is 20.1. The van der Waals surface area contributed by atoms with Crippen molar-refractivity contribution in [2.45, 2.75) is 13.0 Å². The van der Waals surface area contributed by atoms with E-state index in [-0.39, 0.29) is 28.9 Å². The molecule has 192 valence electrons. The van der Waals surface area contributed by atoms with Crippen LogP contribution >= 0.6 is 34.8 Å². The number of benzene rings is 3. The number of nitrogens with zero attached hydrogens (tertiary/aromatic N) is 4. The van der Waals surface area contributed by atoms with Crippen LogP contribution in [0.15, 0.2) is 85.2 Å². The lowest BCUT2D eigenvalue weighted by Gasteiger charge is -2.24. The zero-order valence-corrected chi connectivity index (χ0v) is 22.4. The van der Waals surface area contributed by atoms with Crippen molar-refractivity contribution in [3.63, 3.8) is 0 Å². The minimum absolute atomic E-state index is 0.0572. The van der Waals surface area contributed by atoms with Crippen LogP contribution in [0, 0.1) is 0 Å². The second-order valence-electron chi connectivity index (χ2n) is 8.26. The Morgan fingerprint density at radius 3 is 2.13 bits per heavy atom. The van der Waals surface area contributed by atoms with Crippen LogP contribution in [-0.4, -0.2) is 34.6 Å². The summed E-state index contributed by atoms with van der Waals surface area (Å²) in [5, 5.41) is 0.853. The highest BCUT2D eigenvalue weighted by Gasteiger charge is 2.24. The third-order valence-corrected chi connectivity index (χ3v) is 6.75. The van der Waals surface area contributed by atoms with Crippen LogP contribution in [0.5, 0.6) is 0 Å². The molecule has 0 spiro atoms. The van der Waals surface area contributed by atoms with Crippen LogP contribution in [0.3, 0.4) is 0 Å². The molecule has 38 heavy (non-hydrogen) atoms. The highest BCUT2D eigenvalue weighted by molar-refractivity contribution is 6.42. The highest BCUT2D eigenvalue weighted by atomic mass is 35.5. The number of aromatic nitrogens is 2. The SMILES string of the molecule is CN(C(=O)c1ccc(N(Cc2ccc(Cl)c(Cl)c2)C(=O)CC(=O)c2ncccn2)cc1Cl)c1ccccc1. The van der Waals surface area contributed by atoms with E-state index in [4.69, 9.17) is 34.8 Å². The van der Waals surface area contributed by atoms with Crippen molar-refractivity contribution in [2.24, 2.45) is 0 Å². The molecule has 0 N–H and O–H groups in total. The summed E-state index contributed by atoms with van der Waals surface area (Å²) < 4.78 is 0. The molecule has 0 unspecified atom stereocenters. The predicted octanol–water partition coefficient (Wildman–Crippen LogP) is 6.52. The van der Waals surface area contributed by atoms with E-state index in [1.807, 2.05) is 30.3 Å². The van der Waals surface area contributed by atoms with Crippen LogP contribution in [0.2, 0.25) is 15.1 Å². The van der Waals surface area contributed by atoms with Gasteiger partial charge in [0.05, 0.1) is 33.6 Å². The first-order valence-corrected chi connectivity index (χ1v) is 12.5. The standard InChI is InChI=1S/C28H21Cl3N4O3/c1-34(19-6-3-2-4-7-19)28(38)21-10-9-20(15-23(21)30)35(17-18-8-11-22(29)24(31)14-18)26(37)16-25(36)27-32-12-5-13-33-27/h2-15H,16-17H2,1H3. The molecule has 0 bridgehead atoms. The van der Waals surface area contributed by atoms with Gasteiger partial charge in [0, 0.05) is 30.8 Å². The van der Waals surface area contributed by atoms with Gasteiger partial charge >= 0.3 is 0 Å². The Morgan fingerprint density at radius 2 is 1.47 bits per heavy atom. The summed E-state index contributed by atoms with van der Waals surface area (Å²) in [4.78, 5) is 49.9. The maximum Gasteiger partial charge on any atom is 0.259 e. The van der Waals surface area contributed by atoms with Gasteiger partial charge in [0.25, 0.3) is 5.91 Å². The van der Waals surface area contributed by atoms with Crippen LogP contribution in [0.25, 0.3) is 0 Å². The summed E-state index contributed by atoms with van der Waals surface area (Å²) in [5.74, 6) is -1.41. The predicted molar refractivity (Wildman–Crippen MR) is 149 cm³/mol. The van der Waals surface area contributed by atoms with E-state index < -0.39 is 18.1 Å². The average molecular weight is 568 g/mol. The van der Waals surface area contributed by atoms with Gasteiger partial charge in [-0.05, 0) is 54.1 Å². The third-order valence-electron chi connectivity index (χ3n) is 5.70. The van der Waals surface area contributed by atoms with Gasteiger partial charge in [-0.25, -0.2) is 9.97 Å². The van der Waals surface area contributed by atoms with Crippen molar-refractivity contribution < 1.29 is 14.4 Å². The Balaban J connectivity index is 1.64. The van der Waals surface area contributed by atoms with Gasteiger partial charge in [0.15, 0.2) is 5.82 Å². The highest BCUT2D eigenvalue weighted by Crippen LogP contribution is 2.29. The molecule has 7 nitrogen and oxygen atoms in total. The fraction of sp³-hybridized carbons (Fsp3) is 0.107. The lowest BCUT2D eigenvalue weighted by molar-refractivity contribution is -0.117. The Morgan fingerprint density at radius 1 is 0.763 bits per heavy atom. The molecule has 0 aliphatic carbocycles. The summed E-state index contributed by atoms with van der Waals surface area (Å²) in [5.41, 5.74) is 2.04. The molecule has 10 heteroatoms. The van der Waals surface area contributed by atoms with Gasteiger partial charge in [0.1, 0.15) is 0 Å². The second kappa shape index (κ2) is 12.2. The summed E-state index contributed by atoms with van der Waals surface area (Å²) in [6.45, 7) is 0.0756. The molecule has 0 aliphatic rings. The molecule has 0 aliphatic heterocycles. The molecular weight excluding hydrogens is 547 g/mol. The molecule has 0 saturated heterocycles. The fourth-order valence-corrected chi connectivity index (χ4v) is 4.27. The first-order chi connectivity index (χ1) is 18.2. The van der Waals surface area contributed by atoms with Gasteiger partial charge in [0.2, 0.25) is 11.7 Å². The van der Waals surface area contributed by atoms with Crippen molar-refractivity contribution in [1.29, 1.82) is 0 Å². The Kier molecular flexibility index (Phi) is 8.73. The number of hydrogen-bond acceptors (Lipinski definition) is 5. The Bertz CT molecular complexity index is 1480. The molecule has 0 saturated carbocycles. The number of ketones is 1. The van der Waals surface area contributed by atoms with E-state index in [0.29, 0.717) is 27.0 Å². The van der Waals surface area contributed by atoms with E-state index in [0.717, 1.165) is 0 Å². The van der Waals surface area contributed by atoms with Gasteiger partial charge < -0.3 is 9.80 Å². The van der Waals surface area contributed by atoms with Crippen LogP contribution in [0.1, 0.15) is 33.0 Å². The summed E-state index contributed by atoms with van der Waals surface area (Å²) in [6, 6.07) is 20.4. The zero-order chi connectivity index (χ0) is 27.2. The van der Waals surface area contributed by atoms with Crippen molar-refractivity contribution in [3.8, 4) is 0 Å². The monoisotopic (exact) mass is 566 g/mol. The van der Waals surface area contributed by atoms with Crippen LogP contribution < -0.4 is 9.80 Å². The van der Waals surface area contributed by atoms with Gasteiger partial charge in [-0.1, -0.05) is 59.1 Å². The Hall–Kier alpha value is -3.78. The smallest absolute Gasteiger partial charge is 0.259 e. The number of rotatable bonds is 8. The van der Waals surface area contributed by atoms with Gasteiger partial charge in [-0.2, -0.15) is 0 Å². The first kappa shape index (κ1) is 27.3. The molecule has 1 aromatic heterocycles. The lowest BCUT2D eigenvalue weighted by Crippen LogP contribution is -2.32. The number of carbonyl (C=O) groups excluding carboxylic acids is 3. The van der Waals surface area contributed by atoms with Crippen molar-refractivity contribution in [1.82, 2.24) is 9.97 Å². The van der Waals surface area contributed by atoms with Crippen molar-refractivity contribution in [3.05, 3.63) is 117 Å². The van der Waals surface area contributed by atoms with E-state index in [9.17, 15) is 14.4 Å². The van der Waals surface area contributed by atoms with Crippen molar-refractivity contribution in [2.75, 3.05) is 16.8 Å². The van der Waals surface area contributed by atoms with E-state index in [1.165, 1.54) is 28.3 Å². The molecular formula is C28H21Cl3N4O3. The average Bonchev–Trinajstić information content (AvgIpc) is 2.93. The normalized spacial score (nSPS) is 10.6. The molecule has 3 aromatic carbocycles. The second-order valence-corrected chi connectivity index (χ2v) is 9.49. The first-order valence-electron chi connectivity index (χ1n) is 11.4. The fourth-order valence-electron chi connectivity index (χ4n) is 3.69.